The lowest BCUT2D eigenvalue weighted by Gasteiger charge is -2.36. The lowest BCUT2D eigenvalue weighted by molar-refractivity contribution is -0.138. The molecule has 1 fully saturated rings. The maximum Gasteiger partial charge on any atom is 0.246 e. The van der Waals surface area contributed by atoms with Crippen molar-refractivity contribution < 1.29 is 17.9 Å². The molecule has 0 N–H and O–H groups in total. The van der Waals surface area contributed by atoms with Crippen molar-refractivity contribution in [3.8, 4) is 5.75 Å². The minimum Gasteiger partial charge on any atom is -0.492 e. The first-order valence-electron chi connectivity index (χ1n) is 9.31. The maximum absolute atomic E-state index is 13.0. The molecule has 1 atom stereocenters. The Morgan fingerprint density at radius 3 is 2.31 bits per heavy atom. The molecule has 0 radical (unpaired) electrons. The molecule has 1 amide bonds. The number of para-hydroxylation sites is 1. The molecule has 2 aliphatic heterocycles. The molecule has 0 spiro atoms. The molecule has 0 unspecified atom stereocenters. The van der Waals surface area contributed by atoms with Crippen LogP contribution in [-0.2, 0) is 21.2 Å². The maximum atomic E-state index is 13.0. The van der Waals surface area contributed by atoms with Crippen LogP contribution >= 0.6 is 23.2 Å². The zero-order valence-corrected chi connectivity index (χ0v) is 17.9. The number of piperazine rings is 1. The lowest BCUT2D eigenvalue weighted by Crippen LogP contribution is -2.53. The SMILES string of the molecule is O=C([C@H]1COc2ccccc2C1)N1CCN(S(=O)(=O)c2c(Cl)cccc2Cl)CC1. The van der Waals surface area contributed by atoms with E-state index in [1.807, 2.05) is 24.3 Å². The van der Waals surface area contributed by atoms with Gasteiger partial charge in [0.05, 0.1) is 16.0 Å². The van der Waals surface area contributed by atoms with E-state index < -0.39 is 10.0 Å². The summed E-state index contributed by atoms with van der Waals surface area (Å²) < 4.78 is 33.0. The van der Waals surface area contributed by atoms with E-state index in [9.17, 15) is 13.2 Å². The molecule has 6 nitrogen and oxygen atoms in total. The van der Waals surface area contributed by atoms with Crippen molar-refractivity contribution in [2.24, 2.45) is 5.92 Å². The Morgan fingerprint density at radius 2 is 1.62 bits per heavy atom. The Balaban J connectivity index is 1.43. The summed E-state index contributed by atoms with van der Waals surface area (Å²) in [4.78, 5) is 14.6. The third-order valence-electron chi connectivity index (χ3n) is 5.30. The summed E-state index contributed by atoms with van der Waals surface area (Å²) in [5.41, 5.74) is 1.02. The lowest BCUT2D eigenvalue weighted by atomic mass is 9.95. The van der Waals surface area contributed by atoms with E-state index in [1.54, 1.807) is 11.0 Å². The highest BCUT2D eigenvalue weighted by molar-refractivity contribution is 7.89. The number of benzene rings is 2. The molecule has 9 heteroatoms. The van der Waals surface area contributed by atoms with Gasteiger partial charge in [-0.1, -0.05) is 47.5 Å². The summed E-state index contributed by atoms with van der Waals surface area (Å²) in [7, 11) is -3.83. The second-order valence-electron chi connectivity index (χ2n) is 7.10. The smallest absolute Gasteiger partial charge is 0.246 e. The van der Waals surface area contributed by atoms with Crippen molar-refractivity contribution in [2.45, 2.75) is 11.3 Å². The van der Waals surface area contributed by atoms with Crippen molar-refractivity contribution in [1.82, 2.24) is 9.21 Å². The number of hydrogen-bond acceptors (Lipinski definition) is 4. The topological polar surface area (TPSA) is 66.9 Å². The number of rotatable bonds is 3. The van der Waals surface area contributed by atoms with Gasteiger partial charge in [-0.15, -0.1) is 0 Å². The van der Waals surface area contributed by atoms with Crippen LogP contribution in [0.4, 0.5) is 0 Å². The van der Waals surface area contributed by atoms with Gasteiger partial charge >= 0.3 is 0 Å². The monoisotopic (exact) mass is 454 g/mol. The Bertz CT molecular complexity index is 1020. The first-order chi connectivity index (χ1) is 13.9. The van der Waals surface area contributed by atoms with Crippen LogP contribution in [0.2, 0.25) is 10.0 Å². The molecule has 1 saturated heterocycles. The van der Waals surface area contributed by atoms with Crippen LogP contribution in [0.3, 0.4) is 0 Å². The molecule has 154 valence electrons. The van der Waals surface area contributed by atoms with E-state index >= 15 is 0 Å². The molecule has 0 aliphatic carbocycles. The first-order valence-corrected chi connectivity index (χ1v) is 11.5. The van der Waals surface area contributed by atoms with Crippen molar-refractivity contribution >= 4 is 39.1 Å². The van der Waals surface area contributed by atoms with E-state index in [0.29, 0.717) is 26.1 Å². The van der Waals surface area contributed by atoms with Gasteiger partial charge in [0.1, 0.15) is 17.3 Å². The Kier molecular flexibility index (Phi) is 5.75. The van der Waals surface area contributed by atoms with Gasteiger partial charge in [0.25, 0.3) is 0 Å². The van der Waals surface area contributed by atoms with Gasteiger partial charge in [-0.25, -0.2) is 8.42 Å². The van der Waals surface area contributed by atoms with Crippen LogP contribution in [0.1, 0.15) is 5.56 Å². The Hall–Kier alpha value is -1.80. The average Bonchev–Trinajstić information content (AvgIpc) is 2.72. The summed E-state index contributed by atoms with van der Waals surface area (Å²) in [5.74, 6) is 0.558. The predicted molar refractivity (Wildman–Crippen MR) is 111 cm³/mol. The minimum absolute atomic E-state index is 0.00710. The third kappa shape index (κ3) is 3.97. The quantitative estimate of drug-likeness (QED) is 0.714. The molecule has 2 aromatic rings. The van der Waals surface area contributed by atoms with Crippen LogP contribution in [0, 0.1) is 5.92 Å². The van der Waals surface area contributed by atoms with Gasteiger partial charge < -0.3 is 9.64 Å². The summed E-state index contributed by atoms with van der Waals surface area (Å²) in [6.45, 7) is 1.36. The van der Waals surface area contributed by atoms with Crippen molar-refractivity contribution in [3.63, 3.8) is 0 Å². The number of ether oxygens (including phenoxy) is 1. The number of halogens is 2. The van der Waals surface area contributed by atoms with E-state index in [4.69, 9.17) is 27.9 Å². The molecule has 0 saturated carbocycles. The second kappa shape index (κ2) is 8.14. The molecular formula is C20H20Cl2N2O4S. The average molecular weight is 455 g/mol. The fourth-order valence-electron chi connectivity index (χ4n) is 3.75. The highest BCUT2D eigenvalue weighted by Crippen LogP contribution is 2.32. The van der Waals surface area contributed by atoms with Gasteiger partial charge in [0.2, 0.25) is 15.9 Å². The van der Waals surface area contributed by atoms with E-state index in [1.165, 1.54) is 16.4 Å². The summed E-state index contributed by atoms with van der Waals surface area (Å²) >= 11 is 12.2. The molecule has 2 aliphatic rings. The van der Waals surface area contributed by atoms with E-state index in [-0.39, 0.29) is 39.9 Å². The van der Waals surface area contributed by atoms with Gasteiger partial charge in [-0.05, 0) is 30.2 Å². The highest BCUT2D eigenvalue weighted by atomic mass is 35.5. The Morgan fingerprint density at radius 1 is 0.966 bits per heavy atom. The fourth-order valence-corrected chi connectivity index (χ4v) is 6.27. The molecule has 29 heavy (non-hydrogen) atoms. The van der Waals surface area contributed by atoms with E-state index in [0.717, 1.165) is 11.3 Å². The summed E-state index contributed by atoms with van der Waals surface area (Å²) in [6, 6.07) is 12.3. The largest absolute Gasteiger partial charge is 0.492 e. The van der Waals surface area contributed by atoms with Crippen LogP contribution in [0.5, 0.6) is 5.75 Å². The van der Waals surface area contributed by atoms with Crippen molar-refractivity contribution in [3.05, 3.63) is 58.1 Å². The van der Waals surface area contributed by atoms with Gasteiger partial charge in [0, 0.05) is 26.2 Å². The van der Waals surface area contributed by atoms with Crippen molar-refractivity contribution in [1.29, 1.82) is 0 Å². The number of sulfonamides is 1. The van der Waals surface area contributed by atoms with Crippen LogP contribution in [-0.4, -0.2) is 56.3 Å². The zero-order chi connectivity index (χ0) is 20.6. The van der Waals surface area contributed by atoms with Gasteiger partial charge in [-0.3, -0.25) is 4.79 Å². The Labute approximate surface area is 180 Å². The number of hydrogen-bond donors (Lipinski definition) is 0. The minimum atomic E-state index is -3.83. The van der Waals surface area contributed by atoms with E-state index in [2.05, 4.69) is 0 Å². The molecule has 4 rings (SSSR count). The first kappa shape index (κ1) is 20.5. The summed E-state index contributed by atoms with van der Waals surface area (Å²) in [5, 5.41) is 0.183. The molecule has 0 bridgehead atoms. The predicted octanol–water partition coefficient (Wildman–Crippen LogP) is 3.08. The van der Waals surface area contributed by atoms with Crippen LogP contribution in [0.25, 0.3) is 0 Å². The molecular weight excluding hydrogens is 435 g/mol. The van der Waals surface area contributed by atoms with Crippen LogP contribution in [0.15, 0.2) is 47.4 Å². The summed E-state index contributed by atoms with van der Waals surface area (Å²) in [6.07, 6.45) is 0.628. The van der Waals surface area contributed by atoms with Gasteiger partial charge in [-0.2, -0.15) is 4.31 Å². The highest BCUT2D eigenvalue weighted by Gasteiger charge is 2.35. The standard InChI is InChI=1S/C20H20Cl2N2O4S/c21-16-5-3-6-17(22)19(16)29(26,27)24-10-8-23(9-11-24)20(25)15-12-14-4-1-2-7-18(14)28-13-15/h1-7,15H,8-13H2/t15-/m1/s1. The number of carbonyl (C=O) groups is 1. The molecule has 2 aromatic carbocycles. The van der Waals surface area contributed by atoms with Gasteiger partial charge in [0.15, 0.2) is 0 Å². The van der Waals surface area contributed by atoms with Crippen LogP contribution < -0.4 is 4.74 Å². The molecule has 0 aromatic heterocycles. The zero-order valence-electron chi connectivity index (χ0n) is 15.6. The fraction of sp³-hybridized carbons (Fsp3) is 0.350. The number of carbonyl (C=O) groups excluding carboxylic acids is 1. The second-order valence-corrected chi connectivity index (χ2v) is 9.79. The third-order valence-corrected chi connectivity index (χ3v) is 8.15. The normalized spacial score (nSPS) is 20.1. The number of nitrogens with zero attached hydrogens (tertiary/aromatic N) is 2. The van der Waals surface area contributed by atoms with Crippen molar-refractivity contribution in [2.75, 3.05) is 32.8 Å². The number of amides is 1. The molecule has 2 heterocycles. The number of fused-ring (bicyclic) bond motifs is 1.